The van der Waals surface area contributed by atoms with E-state index in [2.05, 4.69) is 15.9 Å². The minimum atomic E-state index is -3.53. The molecule has 0 spiro atoms. The van der Waals surface area contributed by atoms with E-state index in [1.807, 2.05) is 37.3 Å². The van der Waals surface area contributed by atoms with Crippen molar-refractivity contribution >= 4 is 31.6 Å². The van der Waals surface area contributed by atoms with E-state index in [1.165, 1.54) is 4.31 Å². The van der Waals surface area contributed by atoms with E-state index in [0.717, 1.165) is 11.3 Å². The van der Waals surface area contributed by atoms with E-state index >= 15 is 0 Å². The molecule has 2 aromatic rings. The van der Waals surface area contributed by atoms with Gasteiger partial charge < -0.3 is 0 Å². The Labute approximate surface area is 127 Å². The molecule has 0 amide bonds. The number of para-hydroxylation sites is 1. The largest absolute Gasteiger partial charge is 0.265 e. The summed E-state index contributed by atoms with van der Waals surface area (Å²) in [5, 5.41) is 0. The van der Waals surface area contributed by atoms with E-state index in [0.29, 0.717) is 15.9 Å². The number of anilines is 1. The lowest BCUT2D eigenvalue weighted by atomic mass is 10.0. The quantitative estimate of drug-likeness (QED) is 0.825. The molecule has 1 atom stereocenters. The summed E-state index contributed by atoms with van der Waals surface area (Å²) in [6, 6.07) is 14.6. The molecule has 0 aliphatic carbocycles. The highest BCUT2D eigenvalue weighted by atomic mass is 79.9. The molecule has 1 aliphatic rings. The van der Waals surface area contributed by atoms with Crippen molar-refractivity contribution in [2.24, 2.45) is 0 Å². The predicted molar refractivity (Wildman–Crippen MR) is 83.5 cm³/mol. The van der Waals surface area contributed by atoms with Crippen LogP contribution in [0.2, 0.25) is 0 Å². The van der Waals surface area contributed by atoms with Gasteiger partial charge in [0.1, 0.15) is 4.90 Å². The number of nitrogens with zero attached hydrogens (tertiary/aromatic N) is 1. The predicted octanol–water partition coefficient (Wildman–Crippen LogP) is 3.76. The van der Waals surface area contributed by atoms with Gasteiger partial charge in [0.15, 0.2) is 0 Å². The molecule has 0 saturated heterocycles. The summed E-state index contributed by atoms with van der Waals surface area (Å²) in [4.78, 5) is 0.309. The van der Waals surface area contributed by atoms with Crippen molar-refractivity contribution in [3.63, 3.8) is 0 Å². The van der Waals surface area contributed by atoms with Crippen molar-refractivity contribution in [2.75, 3.05) is 10.8 Å². The first-order chi connectivity index (χ1) is 9.51. The monoisotopic (exact) mass is 351 g/mol. The maximum Gasteiger partial charge on any atom is 0.265 e. The summed E-state index contributed by atoms with van der Waals surface area (Å²) in [6.45, 7) is 2.54. The molecule has 20 heavy (non-hydrogen) atoms. The molecule has 3 rings (SSSR count). The highest BCUT2D eigenvalue weighted by Gasteiger charge is 2.35. The molecule has 0 fully saturated rings. The first-order valence-corrected chi connectivity index (χ1v) is 8.61. The normalized spacial score (nSPS) is 18.1. The molecule has 104 valence electrons. The molecule has 1 unspecified atom stereocenters. The van der Waals surface area contributed by atoms with Gasteiger partial charge in [-0.2, -0.15) is 0 Å². The Hall–Kier alpha value is -1.33. The van der Waals surface area contributed by atoms with Crippen molar-refractivity contribution < 1.29 is 8.42 Å². The van der Waals surface area contributed by atoms with Crippen LogP contribution in [0.25, 0.3) is 0 Å². The van der Waals surface area contributed by atoms with E-state index in [4.69, 9.17) is 0 Å². The van der Waals surface area contributed by atoms with Gasteiger partial charge in [-0.1, -0.05) is 37.3 Å². The molecular weight excluding hydrogens is 338 g/mol. The first kappa shape index (κ1) is 13.6. The van der Waals surface area contributed by atoms with Gasteiger partial charge in [-0.05, 0) is 39.7 Å². The summed E-state index contributed by atoms with van der Waals surface area (Å²) >= 11 is 3.33. The van der Waals surface area contributed by atoms with Crippen LogP contribution in [0.3, 0.4) is 0 Å². The second-order valence-electron chi connectivity index (χ2n) is 4.93. The summed E-state index contributed by atoms with van der Waals surface area (Å²) in [7, 11) is -3.53. The van der Waals surface area contributed by atoms with Crippen LogP contribution in [-0.2, 0) is 10.0 Å². The molecule has 0 saturated carbocycles. The number of sulfonamides is 1. The van der Waals surface area contributed by atoms with Crippen LogP contribution in [-0.4, -0.2) is 15.0 Å². The molecule has 5 heteroatoms. The lowest BCUT2D eigenvalue weighted by Crippen LogP contribution is -2.29. The molecule has 0 bridgehead atoms. The molecule has 3 nitrogen and oxygen atoms in total. The Morgan fingerprint density at radius 3 is 2.50 bits per heavy atom. The van der Waals surface area contributed by atoms with Crippen LogP contribution in [0.1, 0.15) is 18.4 Å². The van der Waals surface area contributed by atoms with Crippen LogP contribution in [0.15, 0.2) is 57.9 Å². The summed E-state index contributed by atoms with van der Waals surface area (Å²) in [5.41, 5.74) is 1.87. The number of rotatable bonds is 2. The zero-order valence-corrected chi connectivity index (χ0v) is 13.4. The number of benzene rings is 2. The van der Waals surface area contributed by atoms with Crippen LogP contribution in [0.4, 0.5) is 5.69 Å². The van der Waals surface area contributed by atoms with Crippen LogP contribution >= 0.6 is 15.9 Å². The lowest BCUT2D eigenvalue weighted by molar-refractivity contribution is 0.590. The van der Waals surface area contributed by atoms with Crippen molar-refractivity contribution in [3.05, 3.63) is 58.6 Å². The number of hydrogen-bond donors (Lipinski definition) is 0. The van der Waals surface area contributed by atoms with Gasteiger partial charge in [0.05, 0.1) is 5.69 Å². The zero-order valence-electron chi connectivity index (χ0n) is 11.0. The highest BCUT2D eigenvalue weighted by molar-refractivity contribution is 9.10. The van der Waals surface area contributed by atoms with Crippen LogP contribution in [0.5, 0.6) is 0 Å². The average Bonchev–Trinajstić information content (AvgIpc) is 2.78. The van der Waals surface area contributed by atoms with Crippen LogP contribution < -0.4 is 4.31 Å². The second kappa shape index (κ2) is 4.90. The lowest BCUT2D eigenvalue weighted by Gasteiger charge is -2.20. The fourth-order valence-corrected chi connectivity index (χ4v) is 5.12. The van der Waals surface area contributed by atoms with E-state index in [1.54, 1.807) is 18.2 Å². The fraction of sp³-hybridized carbons (Fsp3) is 0.200. The Morgan fingerprint density at radius 2 is 1.75 bits per heavy atom. The third-order valence-electron chi connectivity index (χ3n) is 3.58. The zero-order chi connectivity index (χ0) is 14.3. The standard InChI is InChI=1S/C15H14BrNO2S/c1-11-10-17(14-8-4-2-6-12(11)14)20(18,19)15-9-5-3-7-13(15)16/h2-9,11H,10H2,1H3. The second-order valence-corrected chi connectivity index (χ2v) is 7.61. The molecular formula is C15H14BrNO2S. The topological polar surface area (TPSA) is 37.4 Å². The van der Waals surface area contributed by atoms with Gasteiger partial charge in [-0.15, -0.1) is 0 Å². The number of halogens is 1. The van der Waals surface area contributed by atoms with Gasteiger partial charge in [-0.25, -0.2) is 8.42 Å². The fourth-order valence-electron chi connectivity index (χ4n) is 2.58. The highest BCUT2D eigenvalue weighted by Crippen LogP contribution is 2.40. The van der Waals surface area contributed by atoms with Gasteiger partial charge in [0, 0.05) is 16.9 Å². The Balaban J connectivity index is 2.13. The third kappa shape index (κ3) is 2.05. The third-order valence-corrected chi connectivity index (χ3v) is 6.37. The smallest absolute Gasteiger partial charge is 0.265 e. The summed E-state index contributed by atoms with van der Waals surface area (Å²) in [5.74, 6) is 0.212. The van der Waals surface area contributed by atoms with Gasteiger partial charge in [0.2, 0.25) is 0 Å². The first-order valence-electron chi connectivity index (χ1n) is 6.38. The van der Waals surface area contributed by atoms with Gasteiger partial charge in [-0.3, -0.25) is 4.31 Å². The minimum Gasteiger partial charge on any atom is -0.265 e. The van der Waals surface area contributed by atoms with Crippen molar-refractivity contribution in [1.82, 2.24) is 0 Å². The number of hydrogen-bond acceptors (Lipinski definition) is 2. The maximum absolute atomic E-state index is 12.9. The molecule has 1 heterocycles. The molecule has 0 radical (unpaired) electrons. The summed E-state index contributed by atoms with van der Waals surface area (Å²) < 4.78 is 27.8. The molecule has 1 aliphatic heterocycles. The average molecular weight is 352 g/mol. The Kier molecular flexibility index (Phi) is 3.34. The Bertz CT molecular complexity index is 758. The SMILES string of the molecule is CC1CN(S(=O)(=O)c2ccccc2Br)c2ccccc21. The van der Waals surface area contributed by atoms with Crippen molar-refractivity contribution in [1.29, 1.82) is 0 Å². The summed E-state index contributed by atoms with van der Waals surface area (Å²) in [6.07, 6.45) is 0. The van der Waals surface area contributed by atoms with Crippen LogP contribution in [0, 0.1) is 0 Å². The van der Waals surface area contributed by atoms with E-state index in [-0.39, 0.29) is 5.92 Å². The van der Waals surface area contributed by atoms with E-state index in [9.17, 15) is 8.42 Å². The molecule has 0 N–H and O–H groups in total. The van der Waals surface area contributed by atoms with Crippen molar-refractivity contribution in [3.8, 4) is 0 Å². The van der Waals surface area contributed by atoms with Crippen molar-refractivity contribution in [2.45, 2.75) is 17.7 Å². The molecule has 2 aromatic carbocycles. The molecule has 0 aromatic heterocycles. The van der Waals surface area contributed by atoms with Gasteiger partial charge in [0.25, 0.3) is 10.0 Å². The minimum absolute atomic E-state index is 0.212. The Morgan fingerprint density at radius 1 is 1.10 bits per heavy atom. The van der Waals surface area contributed by atoms with Gasteiger partial charge >= 0.3 is 0 Å². The number of fused-ring (bicyclic) bond motifs is 1. The maximum atomic E-state index is 12.9. The van der Waals surface area contributed by atoms with E-state index < -0.39 is 10.0 Å².